The fourth-order valence-electron chi connectivity index (χ4n) is 4.96. The van der Waals surface area contributed by atoms with Crippen molar-refractivity contribution in [2.75, 3.05) is 26.0 Å². The minimum atomic E-state index is -1.31. The molecule has 0 radical (unpaired) electrons. The van der Waals surface area contributed by atoms with Crippen molar-refractivity contribution in [1.82, 2.24) is 9.88 Å². The zero-order chi connectivity index (χ0) is 21.1. The molecule has 1 aromatic carbocycles. The van der Waals surface area contributed by atoms with Gasteiger partial charge >= 0.3 is 0 Å². The summed E-state index contributed by atoms with van der Waals surface area (Å²) in [6.07, 6.45) is 7.83. The van der Waals surface area contributed by atoms with Gasteiger partial charge in [0.25, 0.3) is 0 Å². The highest BCUT2D eigenvalue weighted by Crippen LogP contribution is 2.44. The second-order valence-corrected chi connectivity index (χ2v) is 9.62. The van der Waals surface area contributed by atoms with Gasteiger partial charge in [0.1, 0.15) is 11.9 Å². The summed E-state index contributed by atoms with van der Waals surface area (Å²) in [6.45, 7) is 8.22. The Bertz CT molecular complexity index is 918. The number of pyridine rings is 1. The summed E-state index contributed by atoms with van der Waals surface area (Å²) < 4.78 is 24.6. The van der Waals surface area contributed by atoms with E-state index >= 15 is 0 Å². The molecule has 5 nitrogen and oxygen atoms in total. The van der Waals surface area contributed by atoms with Crippen LogP contribution >= 0.6 is 0 Å². The molecule has 4 heterocycles. The third kappa shape index (κ3) is 4.32. The molecule has 0 N–H and O–H groups in total. The molecule has 30 heavy (non-hydrogen) atoms. The molecule has 2 bridgehead atoms. The highest BCUT2D eigenvalue weighted by atomic mass is 32.2. The summed E-state index contributed by atoms with van der Waals surface area (Å²) in [6, 6.07) is 8.16. The van der Waals surface area contributed by atoms with Crippen molar-refractivity contribution in [3.63, 3.8) is 0 Å². The third-order valence-electron chi connectivity index (χ3n) is 6.67. The summed E-state index contributed by atoms with van der Waals surface area (Å²) in [5.74, 6) is 2.52. The van der Waals surface area contributed by atoms with Gasteiger partial charge in [-0.2, -0.15) is 0 Å². The van der Waals surface area contributed by atoms with Crippen molar-refractivity contribution >= 4 is 22.0 Å². The second kappa shape index (κ2) is 9.58. The molecule has 3 aliphatic rings. The Hall–Kier alpha value is -1.76. The molecule has 2 aromatic rings. The lowest BCUT2D eigenvalue weighted by Crippen LogP contribution is -2.55. The van der Waals surface area contributed by atoms with Crippen LogP contribution in [0.25, 0.3) is 10.9 Å². The lowest BCUT2D eigenvalue weighted by atomic mass is 9.73. The van der Waals surface area contributed by atoms with E-state index in [-0.39, 0.29) is 12.1 Å². The van der Waals surface area contributed by atoms with Crippen LogP contribution in [0.5, 0.6) is 5.75 Å². The van der Waals surface area contributed by atoms with E-state index in [2.05, 4.69) is 29.5 Å². The lowest BCUT2D eigenvalue weighted by Gasteiger charge is -2.51. The molecule has 1 aromatic heterocycles. The van der Waals surface area contributed by atoms with Crippen LogP contribution in [0.3, 0.4) is 0 Å². The number of hydrogen-bond acceptors (Lipinski definition) is 5. The first-order valence-corrected chi connectivity index (χ1v) is 12.2. The molecule has 6 atom stereocenters. The molecular weight excluding hydrogens is 396 g/mol. The quantitative estimate of drug-likeness (QED) is 0.544. The number of fused-ring (bicyclic) bond motifs is 4. The summed E-state index contributed by atoms with van der Waals surface area (Å²) in [7, 11) is 1.67. The van der Waals surface area contributed by atoms with Gasteiger partial charge in [0, 0.05) is 29.9 Å². The number of hydrogen-bond donors (Lipinski definition) is 0. The number of benzene rings is 1. The maximum absolute atomic E-state index is 12.8. The molecule has 0 amide bonds. The van der Waals surface area contributed by atoms with Crippen LogP contribution in [0, 0.1) is 11.8 Å². The molecular formula is C24H32N2O3S. The van der Waals surface area contributed by atoms with Crippen molar-refractivity contribution in [3.8, 4) is 5.75 Å². The Morgan fingerprint density at radius 3 is 2.97 bits per heavy atom. The van der Waals surface area contributed by atoms with Gasteiger partial charge in [-0.25, -0.2) is 4.21 Å². The molecule has 3 fully saturated rings. The van der Waals surface area contributed by atoms with Crippen molar-refractivity contribution < 1.29 is 13.1 Å². The van der Waals surface area contributed by atoms with Gasteiger partial charge in [0.05, 0.1) is 12.6 Å². The van der Waals surface area contributed by atoms with Crippen LogP contribution < -0.4 is 4.74 Å². The van der Waals surface area contributed by atoms with Gasteiger partial charge in [0.2, 0.25) is 0 Å². The molecule has 2 unspecified atom stereocenters. The average molecular weight is 429 g/mol. The van der Waals surface area contributed by atoms with Gasteiger partial charge in [0.15, 0.2) is 11.1 Å². The Morgan fingerprint density at radius 1 is 1.40 bits per heavy atom. The maximum Gasteiger partial charge on any atom is 0.156 e. The predicted molar refractivity (Wildman–Crippen MR) is 122 cm³/mol. The van der Waals surface area contributed by atoms with E-state index in [4.69, 9.17) is 8.92 Å². The van der Waals surface area contributed by atoms with E-state index < -0.39 is 11.1 Å². The van der Waals surface area contributed by atoms with Crippen LogP contribution in [0.15, 0.2) is 43.1 Å². The Kier molecular flexibility index (Phi) is 6.86. The smallest absolute Gasteiger partial charge is 0.156 e. The van der Waals surface area contributed by atoms with Gasteiger partial charge in [-0.05, 0) is 67.5 Å². The van der Waals surface area contributed by atoms with Crippen LogP contribution in [0.4, 0.5) is 0 Å². The molecule has 3 saturated heterocycles. The number of aromatic nitrogens is 1. The van der Waals surface area contributed by atoms with E-state index in [1.54, 1.807) is 7.11 Å². The molecule has 162 valence electrons. The summed E-state index contributed by atoms with van der Waals surface area (Å²) in [4.78, 5) is 7.05. The maximum atomic E-state index is 12.8. The van der Waals surface area contributed by atoms with Gasteiger partial charge in [-0.3, -0.25) is 14.1 Å². The zero-order valence-electron chi connectivity index (χ0n) is 18.0. The molecule has 0 saturated carbocycles. The van der Waals surface area contributed by atoms with E-state index in [0.29, 0.717) is 17.6 Å². The van der Waals surface area contributed by atoms with E-state index in [9.17, 15) is 4.21 Å². The summed E-state index contributed by atoms with van der Waals surface area (Å²) >= 11 is -1.31. The SMILES string of the molecule is C=C[C@H]1CN2CC[C@H]1C[C@H]2[C@H](OS(=O)CCCC)c1ccnc2ccc(OC)cc12. The fourth-order valence-corrected chi connectivity index (χ4v) is 6.05. The van der Waals surface area contributed by atoms with Gasteiger partial charge in [-0.1, -0.05) is 19.4 Å². The molecule has 5 rings (SSSR count). The minimum absolute atomic E-state index is 0.210. The fraction of sp³-hybridized carbons (Fsp3) is 0.542. The van der Waals surface area contributed by atoms with Crippen molar-refractivity contribution in [2.45, 2.75) is 44.8 Å². The lowest BCUT2D eigenvalue weighted by molar-refractivity contribution is -0.0321. The van der Waals surface area contributed by atoms with Gasteiger partial charge < -0.3 is 4.74 Å². The first kappa shape index (κ1) is 21.5. The van der Waals surface area contributed by atoms with E-state index in [1.165, 1.54) is 6.42 Å². The number of nitrogens with zero attached hydrogens (tertiary/aromatic N) is 2. The highest BCUT2D eigenvalue weighted by Gasteiger charge is 2.44. The Labute approximate surface area is 182 Å². The predicted octanol–water partition coefficient (Wildman–Crippen LogP) is 4.66. The normalized spacial score (nSPS) is 27.7. The number of methoxy groups -OCH3 is 1. The number of ether oxygens (including phenoxy) is 1. The first-order chi connectivity index (χ1) is 14.6. The molecule has 0 aliphatic carbocycles. The van der Waals surface area contributed by atoms with Crippen molar-refractivity contribution in [3.05, 3.63) is 48.7 Å². The van der Waals surface area contributed by atoms with Crippen LogP contribution in [0.1, 0.15) is 44.3 Å². The first-order valence-electron chi connectivity index (χ1n) is 11.0. The Balaban J connectivity index is 1.72. The summed E-state index contributed by atoms with van der Waals surface area (Å²) in [5, 5.41) is 1.01. The molecule has 3 aliphatic heterocycles. The van der Waals surface area contributed by atoms with Crippen molar-refractivity contribution in [2.24, 2.45) is 11.8 Å². The summed E-state index contributed by atoms with van der Waals surface area (Å²) in [5.41, 5.74) is 1.96. The number of rotatable bonds is 9. The van der Waals surface area contributed by atoms with Crippen LogP contribution in [-0.4, -0.2) is 46.1 Å². The van der Waals surface area contributed by atoms with Crippen molar-refractivity contribution in [1.29, 1.82) is 0 Å². The second-order valence-electron chi connectivity index (χ2n) is 8.41. The molecule has 6 heteroatoms. The Morgan fingerprint density at radius 2 is 2.27 bits per heavy atom. The van der Waals surface area contributed by atoms with Gasteiger partial charge in [-0.15, -0.1) is 6.58 Å². The van der Waals surface area contributed by atoms with E-state index in [0.717, 1.165) is 54.6 Å². The standard InChI is InChI=1S/C24H32N2O3S/c1-4-6-13-30(27)29-24(23-14-18-10-12-26(23)16-17(18)5-2)20-9-11-25-22-8-7-19(28-3)15-21(20)22/h5,7-9,11,15,17-18,23-24H,2,4,6,10,12-14,16H2,1,3H3/t17-,18-,23-,24+,30?/m0/s1. The number of piperidine rings is 3. The van der Waals surface area contributed by atoms with Crippen LogP contribution in [0.2, 0.25) is 0 Å². The molecule has 0 spiro atoms. The monoisotopic (exact) mass is 428 g/mol. The largest absolute Gasteiger partial charge is 0.497 e. The minimum Gasteiger partial charge on any atom is -0.497 e. The zero-order valence-corrected chi connectivity index (χ0v) is 18.8. The van der Waals surface area contributed by atoms with Crippen LogP contribution in [-0.2, 0) is 15.3 Å². The highest BCUT2D eigenvalue weighted by molar-refractivity contribution is 7.80. The van der Waals surface area contributed by atoms with E-state index in [1.807, 2.05) is 30.5 Å². The number of unbranched alkanes of at least 4 members (excludes halogenated alkanes) is 1. The third-order valence-corrected chi connectivity index (χ3v) is 7.71. The topological polar surface area (TPSA) is 51.7 Å². The average Bonchev–Trinajstić information content (AvgIpc) is 2.80.